The molecule has 1 N–H and O–H groups in total. The van der Waals surface area contributed by atoms with Crippen LogP contribution in [0.1, 0.15) is 17.5 Å². The lowest BCUT2D eigenvalue weighted by molar-refractivity contribution is -0.869. The van der Waals surface area contributed by atoms with E-state index in [2.05, 4.69) is 29.6 Å². The molecule has 2 aliphatic heterocycles. The Kier molecular flexibility index (Phi) is 5.79. The molecule has 0 spiro atoms. The second kappa shape index (κ2) is 8.89. The Labute approximate surface area is 194 Å². The number of nitrogens with one attached hydrogen (secondary N) is 1. The molecule has 0 radical (unpaired) electrons. The molecule has 3 aromatic rings. The average molecular weight is 444 g/mol. The third-order valence-corrected chi connectivity index (χ3v) is 6.89. The van der Waals surface area contributed by atoms with Crippen LogP contribution in [-0.4, -0.2) is 54.4 Å². The summed E-state index contributed by atoms with van der Waals surface area (Å²) in [5, 5.41) is 16.6. The number of benzene rings is 3. The molecule has 33 heavy (non-hydrogen) atoms. The van der Waals surface area contributed by atoms with Gasteiger partial charge >= 0.3 is 6.03 Å². The molecule has 6 nitrogen and oxygen atoms in total. The molecule has 2 saturated heterocycles. The van der Waals surface area contributed by atoms with Crippen LogP contribution < -0.4 is 10.1 Å². The Morgan fingerprint density at radius 2 is 1.52 bits per heavy atom. The lowest BCUT2D eigenvalue weighted by atomic mass is 9.83. The minimum Gasteiger partial charge on any atom is -0.633 e. The summed E-state index contributed by atoms with van der Waals surface area (Å²) in [5.41, 5.74) is 1.46. The highest BCUT2D eigenvalue weighted by Gasteiger charge is 2.49. The molecule has 2 fully saturated rings. The highest BCUT2D eigenvalue weighted by molar-refractivity contribution is 5.80. The summed E-state index contributed by atoms with van der Waals surface area (Å²) in [5.74, 6) is 0.772. The molecule has 2 amide bonds. The van der Waals surface area contributed by atoms with Gasteiger partial charge in [0.15, 0.2) is 0 Å². The Balaban J connectivity index is 1.31. The minimum atomic E-state index is -0.628. The van der Waals surface area contributed by atoms with Gasteiger partial charge in [-0.05, 0) is 23.3 Å². The molecule has 2 atom stereocenters. The number of nitrogens with zero attached hydrogens (tertiary/aromatic N) is 2. The number of carbonyl (C=O) groups is 1. The van der Waals surface area contributed by atoms with Crippen LogP contribution in [0.25, 0.3) is 0 Å². The van der Waals surface area contributed by atoms with E-state index in [1.54, 1.807) is 0 Å². The average Bonchev–Trinajstić information content (AvgIpc) is 3.42. The molecule has 0 aromatic heterocycles. The summed E-state index contributed by atoms with van der Waals surface area (Å²) in [6, 6.07) is 29.5. The lowest BCUT2D eigenvalue weighted by Crippen LogP contribution is -2.47. The molecule has 5 rings (SSSR count). The van der Waals surface area contributed by atoms with Crippen LogP contribution in [0.3, 0.4) is 0 Å². The monoisotopic (exact) mass is 443 g/mol. The lowest BCUT2D eigenvalue weighted by Gasteiger charge is -2.39. The number of rotatable bonds is 7. The molecule has 0 aliphatic carbocycles. The summed E-state index contributed by atoms with van der Waals surface area (Å²) in [6.45, 7) is 2.14. The SMILES string of the molecule is O=C1NC(c2ccccc2)(c2ccccc2)CN1C1CC[N+]([O-])(CCOc2ccccc2)C1. The van der Waals surface area contributed by atoms with E-state index in [9.17, 15) is 10.0 Å². The maximum absolute atomic E-state index is 13.4. The van der Waals surface area contributed by atoms with Crippen molar-refractivity contribution in [3.8, 4) is 5.75 Å². The van der Waals surface area contributed by atoms with Gasteiger partial charge in [-0.2, -0.15) is 0 Å². The molecular formula is C27H29N3O3. The van der Waals surface area contributed by atoms with Crippen molar-refractivity contribution in [1.82, 2.24) is 10.2 Å². The number of para-hydroxylation sites is 1. The van der Waals surface area contributed by atoms with Crippen LogP contribution in [-0.2, 0) is 5.54 Å². The summed E-state index contributed by atoms with van der Waals surface area (Å²) >= 11 is 0. The van der Waals surface area contributed by atoms with Gasteiger partial charge in [-0.15, -0.1) is 0 Å². The van der Waals surface area contributed by atoms with Gasteiger partial charge in [0.1, 0.15) is 24.4 Å². The standard InChI is InChI=1S/C27H29N3O3/c31-26-28-27(22-10-4-1-5-11-22,23-12-6-2-7-13-23)21-29(26)24-16-17-30(32,20-24)18-19-33-25-14-8-3-9-15-25/h1-15,24H,16-21H2,(H,28,31). The van der Waals surface area contributed by atoms with Gasteiger partial charge in [0.2, 0.25) is 0 Å². The zero-order chi connectivity index (χ0) is 22.7. The predicted molar refractivity (Wildman–Crippen MR) is 127 cm³/mol. The van der Waals surface area contributed by atoms with Crippen LogP contribution in [0.4, 0.5) is 4.79 Å². The first-order valence-corrected chi connectivity index (χ1v) is 11.5. The number of hydroxylamine groups is 3. The van der Waals surface area contributed by atoms with Gasteiger partial charge in [0.25, 0.3) is 0 Å². The fourth-order valence-corrected chi connectivity index (χ4v) is 5.11. The van der Waals surface area contributed by atoms with Crippen LogP contribution in [0.5, 0.6) is 5.75 Å². The predicted octanol–water partition coefficient (Wildman–Crippen LogP) is 4.12. The Morgan fingerprint density at radius 1 is 0.939 bits per heavy atom. The van der Waals surface area contributed by atoms with Gasteiger partial charge in [-0.1, -0.05) is 78.9 Å². The van der Waals surface area contributed by atoms with Gasteiger partial charge in [0.05, 0.1) is 25.7 Å². The number of hydrogen-bond donors (Lipinski definition) is 1. The molecular weight excluding hydrogens is 414 g/mol. The van der Waals surface area contributed by atoms with Crippen LogP contribution in [0, 0.1) is 5.21 Å². The topological polar surface area (TPSA) is 64.6 Å². The Bertz CT molecular complexity index is 1040. The highest BCUT2D eigenvalue weighted by atomic mass is 16.6. The number of urea groups is 1. The van der Waals surface area contributed by atoms with E-state index < -0.39 is 5.54 Å². The van der Waals surface area contributed by atoms with Crippen LogP contribution in [0.15, 0.2) is 91.0 Å². The number of amides is 2. The quantitative estimate of drug-likeness (QED) is 0.441. The molecule has 2 heterocycles. The van der Waals surface area contributed by atoms with Crippen LogP contribution in [0.2, 0.25) is 0 Å². The fraction of sp³-hybridized carbons (Fsp3) is 0.296. The largest absolute Gasteiger partial charge is 0.633 e. The molecule has 170 valence electrons. The molecule has 2 aliphatic rings. The van der Waals surface area contributed by atoms with Crippen molar-refractivity contribution in [3.05, 3.63) is 107 Å². The van der Waals surface area contributed by atoms with Gasteiger partial charge < -0.3 is 24.8 Å². The van der Waals surface area contributed by atoms with E-state index in [0.717, 1.165) is 16.9 Å². The van der Waals surface area contributed by atoms with E-state index in [1.165, 1.54) is 0 Å². The van der Waals surface area contributed by atoms with E-state index in [1.807, 2.05) is 71.6 Å². The first-order valence-electron chi connectivity index (χ1n) is 11.5. The highest BCUT2D eigenvalue weighted by Crippen LogP contribution is 2.37. The number of likely N-dealkylation sites (tertiary alicyclic amines) is 1. The first-order chi connectivity index (χ1) is 16.1. The number of hydrogen-bond acceptors (Lipinski definition) is 3. The van der Waals surface area contributed by atoms with Gasteiger partial charge in [-0.3, -0.25) is 0 Å². The third kappa shape index (κ3) is 4.32. The molecule has 6 heteroatoms. The van der Waals surface area contributed by atoms with Gasteiger partial charge in [-0.25, -0.2) is 4.79 Å². The fourth-order valence-electron chi connectivity index (χ4n) is 5.11. The maximum Gasteiger partial charge on any atom is 0.319 e. The zero-order valence-electron chi connectivity index (χ0n) is 18.6. The number of ether oxygens (including phenoxy) is 1. The van der Waals surface area contributed by atoms with E-state index in [-0.39, 0.29) is 16.7 Å². The van der Waals surface area contributed by atoms with Crippen LogP contribution >= 0.6 is 0 Å². The molecule has 0 saturated carbocycles. The van der Waals surface area contributed by atoms with Crippen molar-refractivity contribution >= 4 is 6.03 Å². The van der Waals surface area contributed by atoms with Crippen molar-refractivity contribution in [3.63, 3.8) is 0 Å². The van der Waals surface area contributed by atoms with E-state index in [4.69, 9.17) is 4.74 Å². The summed E-state index contributed by atoms with van der Waals surface area (Å²) in [6.07, 6.45) is 0.696. The zero-order valence-corrected chi connectivity index (χ0v) is 18.6. The Morgan fingerprint density at radius 3 is 2.12 bits per heavy atom. The number of quaternary nitrogens is 1. The first kappa shape index (κ1) is 21.5. The second-order valence-electron chi connectivity index (χ2n) is 8.99. The Hall–Kier alpha value is -3.35. The maximum atomic E-state index is 13.4. The van der Waals surface area contributed by atoms with Gasteiger partial charge in [0, 0.05) is 6.42 Å². The molecule has 3 aromatic carbocycles. The van der Waals surface area contributed by atoms with E-state index >= 15 is 0 Å². The van der Waals surface area contributed by atoms with Crippen molar-refractivity contribution in [2.45, 2.75) is 18.0 Å². The number of carbonyl (C=O) groups excluding carboxylic acids is 1. The summed E-state index contributed by atoms with van der Waals surface area (Å²) in [7, 11) is 0. The van der Waals surface area contributed by atoms with E-state index in [0.29, 0.717) is 39.2 Å². The second-order valence-corrected chi connectivity index (χ2v) is 8.99. The third-order valence-electron chi connectivity index (χ3n) is 6.89. The summed E-state index contributed by atoms with van der Waals surface area (Å²) < 4.78 is 5.43. The smallest absolute Gasteiger partial charge is 0.319 e. The minimum absolute atomic E-state index is 0.0893. The normalized spacial score (nSPS) is 24.0. The van der Waals surface area contributed by atoms with Crippen molar-refractivity contribution in [1.29, 1.82) is 0 Å². The van der Waals surface area contributed by atoms with Crippen molar-refractivity contribution < 1.29 is 14.2 Å². The molecule has 0 bridgehead atoms. The summed E-state index contributed by atoms with van der Waals surface area (Å²) in [4.78, 5) is 15.1. The van der Waals surface area contributed by atoms with Crippen molar-refractivity contribution in [2.75, 3.05) is 32.8 Å². The molecule has 2 unspecified atom stereocenters. The van der Waals surface area contributed by atoms with Crippen molar-refractivity contribution in [2.24, 2.45) is 0 Å².